The van der Waals surface area contributed by atoms with Gasteiger partial charge in [-0.15, -0.1) is 0 Å². The van der Waals surface area contributed by atoms with Crippen molar-refractivity contribution in [1.29, 1.82) is 0 Å². The van der Waals surface area contributed by atoms with Gasteiger partial charge in [0.1, 0.15) is 12.5 Å². The van der Waals surface area contributed by atoms with Crippen molar-refractivity contribution >= 4 is 36.7 Å². The van der Waals surface area contributed by atoms with Gasteiger partial charge in [-0.05, 0) is 31.2 Å². The highest BCUT2D eigenvalue weighted by Crippen LogP contribution is 2.50. The van der Waals surface area contributed by atoms with E-state index in [0.29, 0.717) is 22.2 Å². The van der Waals surface area contributed by atoms with E-state index in [1.165, 1.54) is 23.1 Å². The minimum atomic E-state index is -0.576. The maximum absolute atomic E-state index is 12.9. The van der Waals surface area contributed by atoms with E-state index in [9.17, 15) is 14.9 Å². The van der Waals surface area contributed by atoms with Gasteiger partial charge < -0.3 is 10.2 Å². The third-order valence-electron chi connectivity index (χ3n) is 5.10. The first-order chi connectivity index (χ1) is 14.8. The number of carbonyl (C=O) groups is 1. The number of carbonyl (C=O) groups excluding carboxylic acids is 1. The van der Waals surface area contributed by atoms with Crippen LogP contribution in [0.15, 0.2) is 42.9 Å². The van der Waals surface area contributed by atoms with Crippen LogP contribution in [-0.4, -0.2) is 30.6 Å². The Bertz CT molecular complexity index is 1220. The van der Waals surface area contributed by atoms with E-state index in [4.69, 9.17) is 18.2 Å². The molecule has 1 aromatic carbocycles. The molecule has 1 amide bonds. The van der Waals surface area contributed by atoms with E-state index < -0.39 is 16.5 Å². The molecule has 10 nitrogen and oxygen atoms in total. The van der Waals surface area contributed by atoms with Crippen LogP contribution in [0.3, 0.4) is 0 Å². The average Bonchev–Trinajstić information content (AvgIpc) is 3.41. The number of hydrogen-bond acceptors (Lipinski definition) is 6. The van der Waals surface area contributed by atoms with Crippen molar-refractivity contribution in [2.45, 2.75) is 31.3 Å². The van der Waals surface area contributed by atoms with Crippen LogP contribution in [0.4, 0.5) is 5.69 Å². The summed E-state index contributed by atoms with van der Waals surface area (Å²) in [5.74, 6) is 0.358. The SMILES string of the molecule is S.[C-]#[N+]C1(c2cc(Cl)cc(C(=O)N[C@H](C)c3ncnn3-c3ccc([N+](=O)[O-])cn3)c2)CC1. The van der Waals surface area contributed by atoms with Gasteiger partial charge in [0.05, 0.1) is 11.0 Å². The monoisotopic (exact) mass is 471 g/mol. The molecule has 164 valence electrons. The van der Waals surface area contributed by atoms with Crippen LogP contribution in [0.2, 0.25) is 5.02 Å². The van der Waals surface area contributed by atoms with E-state index in [1.54, 1.807) is 25.1 Å². The molecule has 2 aromatic heterocycles. The molecule has 0 unspecified atom stereocenters. The zero-order chi connectivity index (χ0) is 22.2. The van der Waals surface area contributed by atoms with E-state index in [0.717, 1.165) is 24.6 Å². The van der Waals surface area contributed by atoms with Crippen LogP contribution in [0.5, 0.6) is 0 Å². The number of hydrogen-bond donors (Lipinski definition) is 1. The third-order valence-corrected chi connectivity index (χ3v) is 5.32. The number of amides is 1. The molecular formula is C20H18ClN7O3S. The Labute approximate surface area is 195 Å². The summed E-state index contributed by atoms with van der Waals surface area (Å²) in [5, 5.41) is 18.2. The van der Waals surface area contributed by atoms with Crippen molar-refractivity contribution in [1.82, 2.24) is 25.1 Å². The smallest absolute Gasteiger partial charge is 0.287 e. The number of aromatic nitrogens is 4. The predicted octanol–water partition coefficient (Wildman–Crippen LogP) is 3.74. The van der Waals surface area contributed by atoms with Crippen LogP contribution in [0.1, 0.15) is 47.6 Å². The summed E-state index contributed by atoms with van der Waals surface area (Å²) in [6.07, 6.45) is 3.94. The molecular weight excluding hydrogens is 454 g/mol. The van der Waals surface area contributed by atoms with E-state index in [2.05, 4.69) is 25.2 Å². The van der Waals surface area contributed by atoms with Crippen molar-refractivity contribution in [2.24, 2.45) is 0 Å². The van der Waals surface area contributed by atoms with Crippen molar-refractivity contribution in [3.63, 3.8) is 0 Å². The second-order valence-electron chi connectivity index (χ2n) is 7.23. The van der Waals surface area contributed by atoms with Gasteiger partial charge in [0.15, 0.2) is 11.6 Å². The Kier molecular flexibility index (Phi) is 6.47. The lowest BCUT2D eigenvalue weighted by molar-refractivity contribution is -0.385. The summed E-state index contributed by atoms with van der Waals surface area (Å²) >= 11 is 6.20. The quantitative estimate of drug-likeness (QED) is 0.332. The Balaban J connectivity index is 0.00000289. The van der Waals surface area contributed by atoms with Crippen molar-refractivity contribution in [3.8, 4) is 5.82 Å². The van der Waals surface area contributed by atoms with Gasteiger partial charge in [-0.1, -0.05) is 11.6 Å². The van der Waals surface area contributed by atoms with Gasteiger partial charge in [0, 0.05) is 35.1 Å². The summed E-state index contributed by atoms with van der Waals surface area (Å²) in [4.78, 5) is 35.1. The lowest BCUT2D eigenvalue weighted by Crippen LogP contribution is -2.29. The van der Waals surface area contributed by atoms with Crippen molar-refractivity contribution < 1.29 is 9.72 Å². The standard InChI is InChI=1S/C20H16ClN7O3.H2S/c1-12(18-24-11-25-27(18)17-4-3-16(10-23-17)28(30)31)26-19(29)13-7-14(9-15(21)8-13)20(22-2)5-6-20;/h3-4,7-12H,5-6H2,1H3,(H,26,29);1H2/t12-;/m1./s1. The summed E-state index contributed by atoms with van der Waals surface area (Å²) in [7, 11) is 0. The molecule has 32 heavy (non-hydrogen) atoms. The second kappa shape index (κ2) is 8.94. The van der Waals surface area contributed by atoms with Crippen LogP contribution in [-0.2, 0) is 5.54 Å². The molecule has 0 spiro atoms. The largest absolute Gasteiger partial charge is 0.342 e. The summed E-state index contributed by atoms with van der Waals surface area (Å²) < 4.78 is 1.40. The van der Waals surface area contributed by atoms with Gasteiger partial charge in [0.25, 0.3) is 17.1 Å². The van der Waals surface area contributed by atoms with Crippen LogP contribution >= 0.6 is 25.1 Å². The molecule has 4 rings (SSSR count). The molecule has 0 aliphatic heterocycles. The van der Waals surface area contributed by atoms with Gasteiger partial charge in [0.2, 0.25) is 0 Å². The molecule has 2 heterocycles. The first-order valence-electron chi connectivity index (χ1n) is 9.34. The molecule has 1 atom stereocenters. The minimum Gasteiger partial charge on any atom is -0.342 e. The summed E-state index contributed by atoms with van der Waals surface area (Å²) in [6, 6.07) is 7.19. The van der Waals surface area contributed by atoms with Crippen LogP contribution in [0, 0.1) is 16.7 Å². The van der Waals surface area contributed by atoms with Crippen molar-refractivity contribution in [3.05, 3.63) is 86.4 Å². The van der Waals surface area contributed by atoms with Gasteiger partial charge >= 0.3 is 0 Å². The maximum Gasteiger partial charge on any atom is 0.287 e. The fourth-order valence-corrected chi connectivity index (χ4v) is 3.49. The molecule has 12 heteroatoms. The molecule has 1 fully saturated rings. The Morgan fingerprint density at radius 1 is 1.34 bits per heavy atom. The first kappa shape index (κ1) is 23.2. The zero-order valence-corrected chi connectivity index (χ0v) is 18.6. The molecule has 1 aliphatic carbocycles. The second-order valence-corrected chi connectivity index (χ2v) is 7.67. The molecule has 1 N–H and O–H groups in total. The number of nitrogens with one attached hydrogen (secondary N) is 1. The van der Waals surface area contributed by atoms with Gasteiger partial charge in [-0.3, -0.25) is 14.9 Å². The number of halogens is 1. The summed E-state index contributed by atoms with van der Waals surface area (Å²) in [6.45, 7) is 9.16. The zero-order valence-electron chi connectivity index (χ0n) is 16.8. The topological polar surface area (TPSA) is 120 Å². The molecule has 3 aromatic rings. The normalized spacial score (nSPS) is 14.5. The lowest BCUT2D eigenvalue weighted by Gasteiger charge is -2.15. The highest BCUT2D eigenvalue weighted by Gasteiger charge is 2.52. The van der Waals surface area contributed by atoms with E-state index in [-0.39, 0.29) is 25.1 Å². The fourth-order valence-electron chi connectivity index (χ4n) is 3.25. The molecule has 0 saturated heterocycles. The minimum absolute atomic E-state index is 0. The number of pyridine rings is 1. The van der Waals surface area contributed by atoms with Crippen LogP contribution in [0.25, 0.3) is 10.7 Å². The number of benzene rings is 1. The first-order valence-corrected chi connectivity index (χ1v) is 9.72. The molecule has 0 radical (unpaired) electrons. The number of nitro groups is 1. The number of rotatable bonds is 6. The number of nitrogens with zero attached hydrogens (tertiary/aromatic N) is 6. The Hall–Kier alpha value is -3.49. The Morgan fingerprint density at radius 2 is 2.09 bits per heavy atom. The highest BCUT2D eigenvalue weighted by atomic mass is 35.5. The fraction of sp³-hybridized carbons (Fsp3) is 0.250. The van der Waals surface area contributed by atoms with Crippen molar-refractivity contribution in [2.75, 3.05) is 0 Å². The summed E-state index contributed by atoms with van der Waals surface area (Å²) in [5.41, 5.74) is 0.374. The van der Waals surface area contributed by atoms with Crippen LogP contribution < -0.4 is 5.32 Å². The van der Waals surface area contributed by atoms with E-state index in [1.807, 2.05) is 0 Å². The Morgan fingerprint density at radius 3 is 2.69 bits per heavy atom. The average molecular weight is 472 g/mol. The highest BCUT2D eigenvalue weighted by molar-refractivity contribution is 7.59. The lowest BCUT2D eigenvalue weighted by atomic mass is 10.0. The van der Waals surface area contributed by atoms with Gasteiger partial charge in [-0.25, -0.2) is 16.5 Å². The molecule has 1 aliphatic rings. The maximum atomic E-state index is 12.9. The third kappa shape index (κ3) is 4.42. The molecule has 1 saturated carbocycles. The van der Waals surface area contributed by atoms with Gasteiger partial charge in [-0.2, -0.15) is 23.3 Å². The molecule has 0 bridgehead atoms. The van der Waals surface area contributed by atoms with E-state index >= 15 is 0 Å². The predicted molar refractivity (Wildman–Crippen MR) is 121 cm³/mol.